The van der Waals surface area contributed by atoms with Crippen molar-refractivity contribution in [2.24, 2.45) is 5.92 Å². The Hall–Kier alpha value is -1.57. The van der Waals surface area contributed by atoms with Gasteiger partial charge in [-0.15, -0.1) is 0 Å². The summed E-state index contributed by atoms with van der Waals surface area (Å²) in [7, 11) is 0. The Morgan fingerprint density at radius 3 is 2.71 bits per heavy atom. The van der Waals surface area contributed by atoms with Crippen LogP contribution >= 0.6 is 0 Å². The molecule has 0 radical (unpaired) electrons. The highest BCUT2D eigenvalue weighted by Crippen LogP contribution is 2.17. The van der Waals surface area contributed by atoms with Gasteiger partial charge in [0.05, 0.1) is 12.0 Å². The van der Waals surface area contributed by atoms with Gasteiger partial charge in [0.25, 0.3) is 0 Å². The number of likely N-dealkylation sites (tertiary alicyclic amines) is 2. The van der Waals surface area contributed by atoms with Crippen LogP contribution in [-0.2, 0) is 9.59 Å². The lowest BCUT2D eigenvalue weighted by Crippen LogP contribution is -2.33. The number of nitriles is 1. The average molecular weight is 235 g/mol. The highest BCUT2D eigenvalue weighted by molar-refractivity contribution is 5.81. The van der Waals surface area contributed by atoms with E-state index < -0.39 is 0 Å². The molecule has 0 saturated carbocycles. The maximum atomic E-state index is 11.8. The van der Waals surface area contributed by atoms with Gasteiger partial charge in [0.2, 0.25) is 11.8 Å². The Kier molecular flexibility index (Phi) is 3.62. The molecule has 0 N–H and O–H groups in total. The Labute approximate surface area is 101 Å². The van der Waals surface area contributed by atoms with Crippen LogP contribution in [0.3, 0.4) is 0 Å². The lowest BCUT2D eigenvalue weighted by atomic mass is 10.1. The summed E-state index contributed by atoms with van der Waals surface area (Å²) in [6.45, 7) is 2.66. The van der Waals surface area contributed by atoms with Gasteiger partial charge in [-0.2, -0.15) is 5.26 Å². The van der Waals surface area contributed by atoms with Gasteiger partial charge >= 0.3 is 0 Å². The van der Waals surface area contributed by atoms with Crippen LogP contribution in [0.2, 0.25) is 0 Å². The lowest BCUT2D eigenvalue weighted by molar-refractivity contribution is -0.132. The number of hydrogen-bond acceptors (Lipinski definition) is 3. The van der Waals surface area contributed by atoms with Gasteiger partial charge in [-0.3, -0.25) is 9.59 Å². The molecule has 92 valence electrons. The number of amides is 2. The van der Waals surface area contributed by atoms with Crippen LogP contribution in [0.25, 0.3) is 0 Å². The standard InChI is InChI=1S/C12H17N3O2/c13-8-10-7-12(17)15(9-10)6-3-11(16)14-4-1-2-5-14/h10H,1-7,9H2. The quantitative estimate of drug-likeness (QED) is 0.710. The van der Waals surface area contributed by atoms with Gasteiger partial charge in [-0.1, -0.05) is 0 Å². The molecule has 0 aromatic heterocycles. The molecule has 0 bridgehead atoms. The molecule has 2 aliphatic heterocycles. The van der Waals surface area contributed by atoms with Crippen LogP contribution in [-0.4, -0.2) is 47.8 Å². The first-order valence-electron chi connectivity index (χ1n) is 6.16. The van der Waals surface area contributed by atoms with Gasteiger partial charge in [-0.05, 0) is 12.8 Å². The van der Waals surface area contributed by atoms with Gasteiger partial charge in [0.15, 0.2) is 0 Å². The molecule has 2 fully saturated rings. The predicted molar refractivity (Wildman–Crippen MR) is 60.7 cm³/mol. The van der Waals surface area contributed by atoms with E-state index in [1.165, 1.54) is 0 Å². The zero-order valence-electron chi connectivity index (χ0n) is 9.89. The highest BCUT2D eigenvalue weighted by atomic mass is 16.2. The molecule has 2 rings (SSSR count). The summed E-state index contributed by atoms with van der Waals surface area (Å²) >= 11 is 0. The molecule has 2 heterocycles. The average Bonchev–Trinajstić information content (AvgIpc) is 2.95. The third-order valence-electron chi connectivity index (χ3n) is 3.45. The van der Waals surface area contributed by atoms with Crippen molar-refractivity contribution in [1.29, 1.82) is 5.26 Å². The molecule has 17 heavy (non-hydrogen) atoms. The van der Waals surface area contributed by atoms with E-state index in [9.17, 15) is 9.59 Å². The van der Waals surface area contributed by atoms with E-state index in [-0.39, 0.29) is 17.7 Å². The number of nitrogens with zero attached hydrogens (tertiary/aromatic N) is 3. The monoisotopic (exact) mass is 235 g/mol. The van der Waals surface area contributed by atoms with Crippen LogP contribution < -0.4 is 0 Å². The second-order valence-corrected chi connectivity index (χ2v) is 4.71. The molecule has 1 unspecified atom stereocenters. The largest absolute Gasteiger partial charge is 0.343 e. The molecule has 2 aliphatic rings. The number of rotatable bonds is 3. The van der Waals surface area contributed by atoms with E-state index in [2.05, 4.69) is 6.07 Å². The van der Waals surface area contributed by atoms with Crippen molar-refractivity contribution in [1.82, 2.24) is 9.80 Å². The molecule has 0 aromatic carbocycles. The number of hydrogen-bond donors (Lipinski definition) is 0. The van der Waals surface area contributed by atoms with E-state index in [0.717, 1.165) is 25.9 Å². The van der Waals surface area contributed by atoms with Gasteiger partial charge in [0, 0.05) is 39.0 Å². The second-order valence-electron chi connectivity index (χ2n) is 4.71. The van der Waals surface area contributed by atoms with E-state index in [1.807, 2.05) is 4.90 Å². The molecule has 5 nitrogen and oxygen atoms in total. The van der Waals surface area contributed by atoms with Crippen LogP contribution in [0.1, 0.15) is 25.7 Å². The van der Waals surface area contributed by atoms with Crippen molar-refractivity contribution in [3.8, 4) is 6.07 Å². The van der Waals surface area contributed by atoms with Crippen LogP contribution in [0.5, 0.6) is 0 Å². The Morgan fingerprint density at radius 1 is 1.41 bits per heavy atom. The molecule has 0 aliphatic carbocycles. The fourth-order valence-corrected chi connectivity index (χ4v) is 2.43. The van der Waals surface area contributed by atoms with E-state index in [1.54, 1.807) is 4.90 Å². The molecule has 2 saturated heterocycles. The smallest absolute Gasteiger partial charge is 0.224 e. The van der Waals surface area contributed by atoms with E-state index in [4.69, 9.17) is 5.26 Å². The summed E-state index contributed by atoms with van der Waals surface area (Å²) in [5, 5.41) is 8.75. The van der Waals surface area contributed by atoms with Crippen LogP contribution in [0.15, 0.2) is 0 Å². The SMILES string of the molecule is N#CC1CC(=O)N(CCC(=O)N2CCCC2)C1. The summed E-state index contributed by atoms with van der Waals surface area (Å²) < 4.78 is 0. The summed E-state index contributed by atoms with van der Waals surface area (Å²) in [4.78, 5) is 26.8. The Balaban J connectivity index is 1.76. The third-order valence-corrected chi connectivity index (χ3v) is 3.45. The molecule has 0 aromatic rings. The molecular formula is C12H17N3O2. The third kappa shape index (κ3) is 2.76. The zero-order valence-corrected chi connectivity index (χ0v) is 9.89. The van der Waals surface area contributed by atoms with Crippen LogP contribution in [0.4, 0.5) is 0 Å². The summed E-state index contributed by atoms with van der Waals surface area (Å²) in [5.41, 5.74) is 0. The second kappa shape index (κ2) is 5.17. The molecule has 1 atom stereocenters. The van der Waals surface area contributed by atoms with E-state index in [0.29, 0.717) is 25.9 Å². The lowest BCUT2D eigenvalue weighted by Gasteiger charge is -2.19. The minimum Gasteiger partial charge on any atom is -0.343 e. The molecular weight excluding hydrogens is 218 g/mol. The van der Waals surface area contributed by atoms with Gasteiger partial charge in [-0.25, -0.2) is 0 Å². The van der Waals surface area contributed by atoms with Crippen molar-refractivity contribution < 1.29 is 9.59 Å². The minimum absolute atomic E-state index is 0.00534. The maximum absolute atomic E-state index is 11.8. The number of carbonyl (C=O) groups is 2. The minimum atomic E-state index is -0.190. The first-order chi connectivity index (χ1) is 8.20. The van der Waals surface area contributed by atoms with Crippen molar-refractivity contribution in [2.45, 2.75) is 25.7 Å². The zero-order chi connectivity index (χ0) is 12.3. The summed E-state index contributed by atoms with van der Waals surface area (Å²) in [5.74, 6) is -0.0501. The van der Waals surface area contributed by atoms with Crippen molar-refractivity contribution in [3.63, 3.8) is 0 Å². The van der Waals surface area contributed by atoms with Crippen molar-refractivity contribution >= 4 is 11.8 Å². The fraction of sp³-hybridized carbons (Fsp3) is 0.750. The first kappa shape index (κ1) is 11.9. The first-order valence-corrected chi connectivity index (χ1v) is 6.16. The Morgan fingerprint density at radius 2 is 2.12 bits per heavy atom. The Bertz CT molecular complexity index is 355. The van der Waals surface area contributed by atoms with E-state index >= 15 is 0 Å². The van der Waals surface area contributed by atoms with Crippen LogP contribution in [0, 0.1) is 17.2 Å². The number of carbonyl (C=O) groups excluding carboxylic acids is 2. The molecule has 0 spiro atoms. The van der Waals surface area contributed by atoms with Crippen molar-refractivity contribution in [2.75, 3.05) is 26.2 Å². The molecule has 2 amide bonds. The fourth-order valence-electron chi connectivity index (χ4n) is 2.43. The normalized spacial score (nSPS) is 24.2. The maximum Gasteiger partial charge on any atom is 0.224 e. The van der Waals surface area contributed by atoms with Gasteiger partial charge < -0.3 is 9.80 Å². The predicted octanol–water partition coefficient (Wildman–Crippen LogP) is 0.371. The summed E-state index contributed by atoms with van der Waals surface area (Å²) in [6.07, 6.45) is 2.88. The summed E-state index contributed by atoms with van der Waals surface area (Å²) in [6, 6.07) is 2.11. The molecule has 5 heteroatoms. The highest BCUT2D eigenvalue weighted by Gasteiger charge is 2.30. The van der Waals surface area contributed by atoms with Gasteiger partial charge in [0.1, 0.15) is 0 Å². The van der Waals surface area contributed by atoms with Crippen molar-refractivity contribution in [3.05, 3.63) is 0 Å². The topological polar surface area (TPSA) is 64.4 Å².